The second kappa shape index (κ2) is 8.01. The number of piperazine rings is 1. The highest BCUT2D eigenvalue weighted by Crippen LogP contribution is 2.36. The molecule has 2 aromatic heterocycles. The Kier molecular flexibility index (Phi) is 5.24. The summed E-state index contributed by atoms with van der Waals surface area (Å²) in [6.07, 6.45) is 2.85. The first kappa shape index (κ1) is 19.0. The first-order chi connectivity index (χ1) is 14.2. The van der Waals surface area contributed by atoms with Crippen LogP contribution in [0, 0.1) is 5.92 Å². The number of thiophene rings is 2. The van der Waals surface area contributed by atoms with Gasteiger partial charge in [0.2, 0.25) is 5.91 Å². The molecule has 0 spiro atoms. The van der Waals surface area contributed by atoms with Gasteiger partial charge in [0.05, 0.1) is 23.2 Å². The number of hydrogen-bond acceptors (Lipinski definition) is 6. The summed E-state index contributed by atoms with van der Waals surface area (Å²) in [4.78, 5) is 31.8. The van der Waals surface area contributed by atoms with E-state index in [1.165, 1.54) is 4.88 Å². The maximum absolute atomic E-state index is 13.2. The molecule has 4 heterocycles. The molecule has 2 fully saturated rings. The maximum Gasteiger partial charge on any atom is 0.257 e. The number of nitrogens with zero attached hydrogens (tertiary/aromatic N) is 4. The summed E-state index contributed by atoms with van der Waals surface area (Å²) in [6, 6.07) is 8.19. The Balaban J connectivity index is 1.25. The quantitative estimate of drug-likeness (QED) is 0.736. The van der Waals surface area contributed by atoms with Gasteiger partial charge in [-0.1, -0.05) is 12.1 Å². The van der Waals surface area contributed by atoms with Gasteiger partial charge in [-0.15, -0.1) is 22.7 Å². The van der Waals surface area contributed by atoms with E-state index in [1.807, 2.05) is 22.4 Å². The number of rotatable bonds is 5. The van der Waals surface area contributed by atoms with Crippen LogP contribution in [0.15, 0.2) is 40.1 Å². The molecule has 1 saturated heterocycles. The molecule has 0 radical (unpaired) electrons. The van der Waals surface area contributed by atoms with Crippen molar-refractivity contribution < 1.29 is 9.59 Å². The van der Waals surface area contributed by atoms with Crippen LogP contribution in [-0.4, -0.2) is 65.1 Å². The summed E-state index contributed by atoms with van der Waals surface area (Å²) in [5.74, 6) is 0.611. The fourth-order valence-electron chi connectivity index (χ4n) is 4.01. The molecule has 2 aromatic rings. The van der Waals surface area contributed by atoms with Crippen LogP contribution < -0.4 is 0 Å². The standard InChI is InChI=1S/C21H24N4O2S2/c26-20(14-23-7-9-24(10-8-23)21(27)15-5-6-15)25-17(19-4-2-12-29-19)13-16(22-25)18-3-1-11-28-18/h1-4,11-12,15,17H,5-10,13-14H2/t17-/m0/s1. The number of amides is 2. The normalized spacial score (nSPS) is 22.8. The zero-order valence-corrected chi connectivity index (χ0v) is 17.8. The van der Waals surface area contributed by atoms with Gasteiger partial charge in [0, 0.05) is 43.4 Å². The zero-order valence-electron chi connectivity index (χ0n) is 16.2. The molecule has 2 amide bonds. The fraction of sp³-hybridized carbons (Fsp3) is 0.476. The molecule has 0 aromatic carbocycles. The van der Waals surface area contributed by atoms with Gasteiger partial charge in [0.25, 0.3) is 5.91 Å². The lowest BCUT2D eigenvalue weighted by Gasteiger charge is -2.35. The lowest BCUT2D eigenvalue weighted by molar-refractivity contribution is -0.136. The van der Waals surface area contributed by atoms with E-state index in [2.05, 4.69) is 22.4 Å². The summed E-state index contributed by atoms with van der Waals surface area (Å²) in [5.41, 5.74) is 0.992. The predicted molar refractivity (Wildman–Crippen MR) is 115 cm³/mol. The second-order valence-corrected chi connectivity index (χ2v) is 9.80. The molecule has 5 rings (SSSR count). The maximum atomic E-state index is 13.2. The third kappa shape index (κ3) is 4.01. The molecular formula is C21H24N4O2S2. The van der Waals surface area contributed by atoms with E-state index in [1.54, 1.807) is 27.7 Å². The molecule has 2 aliphatic heterocycles. The number of hydrogen-bond donors (Lipinski definition) is 0. The molecule has 29 heavy (non-hydrogen) atoms. The highest BCUT2D eigenvalue weighted by molar-refractivity contribution is 7.12. The van der Waals surface area contributed by atoms with Gasteiger partial charge in [-0.3, -0.25) is 14.5 Å². The zero-order chi connectivity index (χ0) is 19.8. The van der Waals surface area contributed by atoms with E-state index < -0.39 is 0 Å². The van der Waals surface area contributed by atoms with Gasteiger partial charge in [-0.25, -0.2) is 5.01 Å². The molecule has 6 nitrogen and oxygen atoms in total. The van der Waals surface area contributed by atoms with Crippen LogP contribution in [-0.2, 0) is 9.59 Å². The fourth-order valence-corrected chi connectivity index (χ4v) is 5.55. The Hall–Kier alpha value is -2.03. The van der Waals surface area contributed by atoms with Crippen LogP contribution in [0.3, 0.4) is 0 Å². The molecule has 1 aliphatic carbocycles. The number of carbonyl (C=O) groups is 2. The molecular weight excluding hydrogens is 404 g/mol. The molecule has 152 valence electrons. The van der Waals surface area contributed by atoms with Crippen molar-refractivity contribution >= 4 is 40.2 Å². The SMILES string of the molecule is O=C(C1CC1)N1CCN(CC(=O)N2N=C(c3cccs3)C[C@H]2c2cccs2)CC1. The van der Waals surface area contributed by atoms with E-state index in [0.717, 1.165) is 56.0 Å². The average Bonchev–Trinajstić information content (AvgIpc) is 3.16. The second-order valence-electron chi connectivity index (χ2n) is 7.87. The van der Waals surface area contributed by atoms with Crippen molar-refractivity contribution in [1.82, 2.24) is 14.8 Å². The van der Waals surface area contributed by atoms with Crippen LogP contribution >= 0.6 is 22.7 Å². The Morgan fingerprint density at radius 1 is 1.03 bits per heavy atom. The largest absolute Gasteiger partial charge is 0.340 e. The van der Waals surface area contributed by atoms with E-state index in [-0.39, 0.29) is 17.9 Å². The van der Waals surface area contributed by atoms with Crippen LogP contribution in [0.5, 0.6) is 0 Å². The van der Waals surface area contributed by atoms with Crippen molar-refractivity contribution in [2.45, 2.75) is 25.3 Å². The topological polar surface area (TPSA) is 56.2 Å². The van der Waals surface area contributed by atoms with Crippen molar-refractivity contribution in [2.75, 3.05) is 32.7 Å². The molecule has 8 heteroatoms. The summed E-state index contributed by atoms with van der Waals surface area (Å²) < 4.78 is 0. The van der Waals surface area contributed by atoms with Crippen LogP contribution in [0.4, 0.5) is 0 Å². The molecule has 1 atom stereocenters. The monoisotopic (exact) mass is 428 g/mol. The third-order valence-electron chi connectivity index (χ3n) is 5.81. The highest BCUT2D eigenvalue weighted by atomic mass is 32.1. The molecule has 0 N–H and O–H groups in total. The Labute approximate surface area is 178 Å². The molecule has 3 aliphatic rings. The number of carbonyl (C=O) groups excluding carboxylic acids is 2. The minimum atomic E-state index is -0.0164. The van der Waals surface area contributed by atoms with Crippen molar-refractivity contribution in [2.24, 2.45) is 11.0 Å². The van der Waals surface area contributed by atoms with E-state index in [4.69, 9.17) is 5.10 Å². The van der Waals surface area contributed by atoms with Crippen LogP contribution in [0.25, 0.3) is 0 Å². The smallest absolute Gasteiger partial charge is 0.257 e. The average molecular weight is 429 g/mol. The van der Waals surface area contributed by atoms with Crippen LogP contribution in [0.1, 0.15) is 35.1 Å². The molecule has 0 bridgehead atoms. The Morgan fingerprint density at radius 2 is 1.79 bits per heavy atom. The number of hydrazone groups is 1. The van der Waals surface area contributed by atoms with Gasteiger partial charge in [0.1, 0.15) is 0 Å². The Bertz CT molecular complexity index is 897. The summed E-state index contributed by atoms with van der Waals surface area (Å²) in [5, 5.41) is 10.5. The summed E-state index contributed by atoms with van der Waals surface area (Å²) in [6.45, 7) is 3.31. The van der Waals surface area contributed by atoms with Gasteiger partial charge in [-0.2, -0.15) is 5.10 Å². The lowest BCUT2D eigenvalue weighted by Crippen LogP contribution is -2.51. The summed E-state index contributed by atoms with van der Waals surface area (Å²) in [7, 11) is 0. The predicted octanol–water partition coefficient (Wildman–Crippen LogP) is 3.04. The van der Waals surface area contributed by atoms with Crippen molar-refractivity contribution in [1.29, 1.82) is 0 Å². The first-order valence-corrected chi connectivity index (χ1v) is 11.9. The summed E-state index contributed by atoms with van der Waals surface area (Å²) >= 11 is 3.34. The van der Waals surface area contributed by atoms with Crippen molar-refractivity contribution in [3.05, 3.63) is 44.8 Å². The Morgan fingerprint density at radius 3 is 2.45 bits per heavy atom. The first-order valence-electron chi connectivity index (χ1n) is 10.2. The van der Waals surface area contributed by atoms with E-state index >= 15 is 0 Å². The van der Waals surface area contributed by atoms with Gasteiger partial charge < -0.3 is 4.90 Å². The van der Waals surface area contributed by atoms with Crippen molar-refractivity contribution in [3.8, 4) is 0 Å². The minimum Gasteiger partial charge on any atom is -0.340 e. The van der Waals surface area contributed by atoms with E-state index in [0.29, 0.717) is 12.5 Å². The van der Waals surface area contributed by atoms with Crippen molar-refractivity contribution in [3.63, 3.8) is 0 Å². The van der Waals surface area contributed by atoms with Gasteiger partial charge in [0.15, 0.2) is 0 Å². The highest BCUT2D eigenvalue weighted by Gasteiger charge is 2.37. The molecule has 0 unspecified atom stereocenters. The lowest BCUT2D eigenvalue weighted by atomic mass is 10.1. The minimum absolute atomic E-state index is 0.0164. The van der Waals surface area contributed by atoms with Crippen LogP contribution in [0.2, 0.25) is 0 Å². The molecule has 1 saturated carbocycles. The van der Waals surface area contributed by atoms with Gasteiger partial charge >= 0.3 is 0 Å². The van der Waals surface area contributed by atoms with E-state index in [9.17, 15) is 9.59 Å². The third-order valence-corrected chi connectivity index (χ3v) is 7.70. The van der Waals surface area contributed by atoms with Gasteiger partial charge in [-0.05, 0) is 35.7 Å².